The zero-order valence-electron chi connectivity index (χ0n) is 57.7. The maximum absolute atomic E-state index is 13.6. The second-order valence-corrected chi connectivity index (χ2v) is 26.4. The highest BCUT2D eigenvalue weighted by Gasteiger charge is 2.57. The van der Waals surface area contributed by atoms with E-state index in [2.05, 4.69) is 96.0 Å². The lowest BCUT2D eigenvalue weighted by Gasteiger charge is -2.22. The second kappa shape index (κ2) is 27.1. The number of H-pyrrole nitrogens is 3. The molecule has 0 saturated heterocycles. The Bertz CT molecular complexity index is 5550. The first-order chi connectivity index (χ1) is 50.8. The minimum atomic E-state index is -5.72. The van der Waals surface area contributed by atoms with Crippen molar-refractivity contribution in [2.24, 2.45) is 0 Å². The van der Waals surface area contributed by atoms with E-state index in [1.807, 2.05) is 45.0 Å². The number of carbonyl (C=O) groups is 3. The molecular formula is C69H59F11N22O6. The predicted molar refractivity (Wildman–Crippen MR) is 363 cm³/mol. The van der Waals surface area contributed by atoms with Crippen LogP contribution in [0.25, 0.3) is 51.5 Å². The largest absolute Gasteiger partial charge is 0.453 e. The van der Waals surface area contributed by atoms with E-state index in [4.69, 9.17) is 0 Å². The molecule has 3 aliphatic heterocycles. The molecule has 15 rings (SSSR count). The van der Waals surface area contributed by atoms with Gasteiger partial charge in [-0.1, -0.05) is 65.7 Å². The minimum Gasteiger partial charge on any atom is -0.309 e. The molecule has 3 amide bonds. The summed E-state index contributed by atoms with van der Waals surface area (Å²) in [5.74, 6) is -5.93. The van der Waals surface area contributed by atoms with Crippen molar-refractivity contribution in [3.8, 4) is 34.6 Å². The molecule has 0 aliphatic carbocycles. The van der Waals surface area contributed by atoms with Crippen LogP contribution in [0.3, 0.4) is 0 Å². The number of pyridine rings is 1. The zero-order valence-corrected chi connectivity index (χ0v) is 57.7. The summed E-state index contributed by atoms with van der Waals surface area (Å²) in [7, 11) is 0. The lowest BCUT2D eigenvalue weighted by atomic mass is 9.78. The van der Waals surface area contributed by atoms with Gasteiger partial charge < -0.3 is 30.9 Å². The Labute approximate surface area is 599 Å². The van der Waals surface area contributed by atoms with E-state index in [-0.39, 0.29) is 123 Å². The molecule has 3 aliphatic rings. The third kappa shape index (κ3) is 13.8. The van der Waals surface area contributed by atoms with E-state index in [0.29, 0.717) is 33.8 Å². The third-order valence-electron chi connectivity index (χ3n) is 18.7. The van der Waals surface area contributed by atoms with Gasteiger partial charge in [0.2, 0.25) is 17.7 Å². The third-order valence-corrected chi connectivity index (χ3v) is 18.7. The van der Waals surface area contributed by atoms with Gasteiger partial charge in [-0.25, -0.2) is 58.4 Å². The highest BCUT2D eigenvalue weighted by atomic mass is 19.4. The van der Waals surface area contributed by atoms with Gasteiger partial charge in [0.05, 0.1) is 58.1 Å². The van der Waals surface area contributed by atoms with Crippen LogP contribution < -0.4 is 32.6 Å². The first kappa shape index (κ1) is 73.8. The van der Waals surface area contributed by atoms with E-state index in [9.17, 15) is 77.1 Å². The second-order valence-electron chi connectivity index (χ2n) is 26.4. The van der Waals surface area contributed by atoms with Gasteiger partial charge in [-0.3, -0.25) is 33.8 Å². The van der Waals surface area contributed by atoms with E-state index >= 15 is 0 Å². The van der Waals surface area contributed by atoms with Gasteiger partial charge in [-0.2, -0.15) is 63.6 Å². The minimum absolute atomic E-state index is 0.00137. The number of alkyl halides is 11. The molecule has 0 fully saturated rings. The summed E-state index contributed by atoms with van der Waals surface area (Å²) in [6.45, 7) is 12.0. The number of anilines is 3. The Hall–Kier alpha value is -12.5. The Morgan fingerprint density at radius 3 is 1.19 bits per heavy atom. The van der Waals surface area contributed by atoms with Crippen LogP contribution in [0.15, 0.2) is 112 Å². The zero-order chi connectivity index (χ0) is 77.5. The SMILES string of the molecule is Cc1ccc(C2(C)C(=O)Nc3nc(-c4cn5ncnc5c(CCCC(F)(F)F)n4)[nH]c(=O)c32)nc1.Cc1ccc([C@]2(C)C(=O)Nc3nc(-c4cn5nc(C)nc5c(CCC(F)(F)C(F)(F)F)n4)[nH]c(=O)c32)cc1.Cc1ccc([C@]2(C)C(=O)Nc3nc(-c4cn5ncnc5c(CCCC(F)(F)F)n4)[nH]c(=O)c32)cc1. The van der Waals surface area contributed by atoms with Crippen LogP contribution >= 0.6 is 0 Å². The quantitative estimate of drug-likeness (QED) is 0.0520. The van der Waals surface area contributed by atoms with Gasteiger partial charge >= 0.3 is 24.5 Å². The molecular weight excluding hydrogens is 1440 g/mol. The summed E-state index contributed by atoms with van der Waals surface area (Å²) >= 11 is 0. The van der Waals surface area contributed by atoms with Crippen molar-refractivity contribution < 1.29 is 62.7 Å². The maximum Gasteiger partial charge on any atom is 0.453 e. The molecule has 28 nitrogen and oxygen atoms in total. The number of carbonyl (C=O) groups excluding carboxylic acids is 3. The van der Waals surface area contributed by atoms with Crippen molar-refractivity contribution in [1.29, 1.82) is 0 Å². The molecule has 558 valence electrons. The summed E-state index contributed by atoms with van der Waals surface area (Å²) in [6, 6.07) is 17.9. The molecule has 0 spiro atoms. The number of hydrogen-bond acceptors (Lipinski definition) is 19. The fraction of sp³-hybridized carbons (Fsp3) is 0.319. The van der Waals surface area contributed by atoms with Gasteiger partial charge in [-0.15, -0.1) is 0 Å². The lowest BCUT2D eigenvalue weighted by molar-refractivity contribution is -0.284. The summed E-state index contributed by atoms with van der Waals surface area (Å²) < 4.78 is 145. The van der Waals surface area contributed by atoms with Crippen molar-refractivity contribution in [2.45, 2.75) is 141 Å². The number of halogens is 11. The van der Waals surface area contributed by atoms with Gasteiger partial charge in [0.15, 0.2) is 34.4 Å². The first-order valence-electron chi connectivity index (χ1n) is 33.0. The average Bonchev–Trinajstić information content (AvgIpc) is 1.58. The first-order valence-corrected chi connectivity index (χ1v) is 33.0. The maximum atomic E-state index is 13.6. The van der Waals surface area contributed by atoms with Crippen LogP contribution in [-0.4, -0.2) is 136 Å². The van der Waals surface area contributed by atoms with Crippen molar-refractivity contribution in [3.63, 3.8) is 0 Å². The van der Waals surface area contributed by atoms with E-state index in [1.54, 1.807) is 63.4 Å². The number of hydrogen-bond donors (Lipinski definition) is 6. The molecule has 108 heavy (non-hydrogen) atoms. The Morgan fingerprint density at radius 1 is 0.417 bits per heavy atom. The smallest absolute Gasteiger partial charge is 0.309 e. The van der Waals surface area contributed by atoms with Crippen LogP contribution in [0, 0.1) is 27.7 Å². The van der Waals surface area contributed by atoms with Crippen LogP contribution in [0.5, 0.6) is 0 Å². The molecule has 3 atom stereocenters. The van der Waals surface area contributed by atoms with Gasteiger partial charge in [0.1, 0.15) is 69.3 Å². The number of rotatable bonds is 15. The van der Waals surface area contributed by atoms with E-state index in [0.717, 1.165) is 16.7 Å². The van der Waals surface area contributed by atoms with E-state index in [1.165, 1.54) is 51.7 Å². The number of amides is 3. The number of aryl methyl sites for hydroxylation is 7. The molecule has 39 heteroatoms. The van der Waals surface area contributed by atoms with Gasteiger partial charge in [-0.05, 0) is 103 Å². The van der Waals surface area contributed by atoms with Gasteiger partial charge in [0.25, 0.3) is 16.7 Å². The molecule has 2 aromatic carbocycles. The number of nitrogens with one attached hydrogen (secondary N) is 6. The fourth-order valence-electron chi connectivity index (χ4n) is 12.8. The van der Waals surface area contributed by atoms with Crippen LogP contribution in [0.1, 0.15) is 126 Å². The molecule has 0 saturated carbocycles. The number of aromatic nitrogens is 19. The van der Waals surface area contributed by atoms with Crippen molar-refractivity contribution in [3.05, 3.63) is 202 Å². The van der Waals surface area contributed by atoms with Crippen molar-refractivity contribution in [2.75, 3.05) is 16.0 Å². The highest BCUT2D eigenvalue weighted by Crippen LogP contribution is 2.44. The monoisotopic (exact) mass is 1500 g/mol. The molecule has 6 N–H and O–H groups in total. The Morgan fingerprint density at radius 2 is 0.796 bits per heavy atom. The number of fused-ring (bicyclic) bond motifs is 6. The molecule has 10 aromatic heterocycles. The fourth-order valence-corrected chi connectivity index (χ4v) is 12.8. The molecule has 13 heterocycles. The van der Waals surface area contributed by atoms with Crippen molar-refractivity contribution >= 4 is 52.1 Å². The summed E-state index contributed by atoms with van der Waals surface area (Å²) in [4.78, 5) is 129. The predicted octanol–water partition coefficient (Wildman–Crippen LogP) is 9.93. The molecule has 0 radical (unpaired) electrons. The topological polar surface area (TPSA) is 367 Å². The number of aromatic amines is 3. The van der Waals surface area contributed by atoms with Gasteiger partial charge in [0, 0.05) is 25.5 Å². The lowest BCUT2D eigenvalue weighted by Crippen LogP contribution is -2.37. The standard InChI is InChI=1S/C24H20F5N7O2.C23H20F3N7O2.C22H19F3N8O2/c1-11-4-6-13(7-5-11)22(3)16-18(34-21(22)38)32-17(33-20(16)37)15-10-36-19(30-12(2)35-36)14(31-15)8-9-23(25,26)24(27,28)29;1-12-5-7-13(8-6-12)22(2)16-18(32-21(22)35)30-17(31-20(16)34)15-10-33-19(27-11-28-33)14(29-15)4-3-9-23(24,25)26;1-11-5-6-14(26-8-11)21(2)15-17(32-20(21)35)30-16(31-19(15)34)13-9-33-18(27-10-28-33)12(29-13)4-3-7-22(23,24)25/h4-7,10H,8-9H2,1-3H3,(H2,32,33,34,37,38);5-8,10-11H,3-4,9H2,1-2H3,(H2,30,31,32,34,35);5-6,8-10H,3-4,7H2,1-2H3,(H2,30,31,32,34,35)/t2*22-;/m00./s1. The highest BCUT2D eigenvalue weighted by molar-refractivity contribution is 6.09. The normalized spacial score (nSPS) is 17.6. The Balaban J connectivity index is 0.000000143. The summed E-state index contributed by atoms with van der Waals surface area (Å²) in [5.41, 5.74) is 0.514. The number of benzene rings is 2. The van der Waals surface area contributed by atoms with Crippen molar-refractivity contribution in [1.82, 2.24) is 93.6 Å². The van der Waals surface area contributed by atoms with Crippen LogP contribution in [0.2, 0.25) is 0 Å². The Kier molecular flexibility index (Phi) is 18.6. The summed E-state index contributed by atoms with van der Waals surface area (Å²) in [6.07, 6.45) is -10.6. The molecule has 1 unspecified atom stereocenters. The molecule has 12 aromatic rings. The van der Waals surface area contributed by atoms with Crippen LogP contribution in [0.4, 0.5) is 65.7 Å². The number of nitrogens with zero attached hydrogens (tertiary/aromatic N) is 16. The van der Waals surface area contributed by atoms with Crippen LogP contribution in [-0.2, 0) is 49.9 Å². The molecule has 0 bridgehead atoms. The summed E-state index contributed by atoms with van der Waals surface area (Å²) in [5, 5.41) is 20.2. The van der Waals surface area contributed by atoms with E-state index < -0.39 is 94.9 Å². The average molecular weight is 1500 g/mol.